The largest absolute Gasteiger partial charge is 0.497 e. The van der Waals surface area contributed by atoms with Crippen molar-refractivity contribution < 1.29 is 4.74 Å². The van der Waals surface area contributed by atoms with Crippen molar-refractivity contribution in [2.24, 2.45) is 5.92 Å². The van der Waals surface area contributed by atoms with Crippen molar-refractivity contribution in [1.29, 1.82) is 0 Å². The SMILES string of the molecule is COc1cccc(CCCC2CCCNC2)c1. The highest BCUT2D eigenvalue weighted by atomic mass is 16.5. The summed E-state index contributed by atoms with van der Waals surface area (Å²) in [6, 6.07) is 8.44. The number of hydrogen-bond donors (Lipinski definition) is 1. The third-order valence-electron chi connectivity index (χ3n) is 3.61. The summed E-state index contributed by atoms with van der Waals surface area (Å²) >= 11 is 0. The number of methoxy groups -OCH3 is 1. The van der Waals surface area contributed by atoms with Gasteiger partial charge < -0.3 is 10.1 Å². The second-order valence-corrected chi connectivity index (χ2v) is 4.96. The van der Waals surface area contributed by atoms with Gasteiger partial charge in [-0.25, -0.2) is 0 Å². The van der Waals surface area contributed by atoms with Crippen molar-refractivity contribution in [2.75, 3.05) is 20.2 Å². The molecule has 1 atom stereocenters. The van der Waals surface area contributed by atoms with Crippen molar-refractivity contribution in [3.8, 4) is 5.75 Å². The molecule has 0 aromatic heterocycles. The van der Waals surface area contributed by atoms with Crippen LogP contribution in [0.2, 0.25) is 0 Å². The molecule has 1 saturated heterocycles. The Bertz CT molecular complexity index is 331. The van der Waals surface area contributed by atoms with E-state index in [1.165, 1.54) is 50.8 Å². The lowest BCUT2D eigenvalue weighted by molar-refractivity contribution is 0.351. The number of aryl methyl sites for hydroxylation is 1. The van der Waals surface area contributed by atoms with E-state index in [-0.39, 0.29) is 0 Å². The van der Waals surface area contributed by atoms with E-state index in [1.807, 2.05) is 6.07 Å². The Morgan fingerprint density at radius 1 is 1.41 bits per heavy atom. The van der Waals surface area contributed by atoms with Crippen LogP contribution in [0.3, 0.4) is 0 Å². The number of nitrogens with one attached hydrogen (secondary N) is 1. The molecule has 17 heavy (non-hydrogen) atoms. The molecule has 2 nitrogen and oxygen atoms in total. The first-order valence-electron chi connectivity index (χ1n) is 6.72. The summed E-state index contributed by atoms with van der Waals surface area (Å²) in [6.07, 6.45) is 6.58. The summed E-state index contributed by atoms with van der Waals surface area (Å²) in [6.45, 7) is 2.44. The first-order valence-corrected chi connectivity index (χ1v) is 6.72. The second kappa shape index (κ2) is 6.65. The normalized spacial score (nSPS) is 20.2. The molecule has 2 heteroatoms. The van der Waals surface area contributed by atoms with Crippen molar-refractivity contribution in [3.05, 3.63) is 29.8 Å². The summed E-state index contributed by atoms with van der Waals surface area (Å²) in [5.74, 6) is 1.87. The summed E-state index contributed by atoms with van der Waals surface area (Å²) in [4.78, 5) is 0. The lowest BCUT2D eigenvalue weighted by Crippen LogP contribution is -2.29. The van der Waals surface area contributed by atoms with Gasteiger partial charge in [0.25, 0.3) is 0 Å². The smallest absolute Gasteiger partial charge is 0.119 e. The Morgan fingerprint density at radius 3 is 3.12 bits per heavy atom. The van der Waals surface area contributed by atoms with Gasteiger partial charge in [0.1, 0.15) is 5.75 Å². The van der Waals surface area contributed by atoms with Gasteiger partial charge in [-0.1, -0.05) is 12.1 Å². The lowest BCUT2D eigenvalue weighted by atomic mass is 9.93. The van der Waals surface area contributed by atoms with Gasteiger partial charge in [-0.2, -0.15) is 0 Å². The van der Waals surface area contributed by atoms with E-state index in [0.717, 1.165) is 11.7 Å². The molecule has 0 radical (unpaired) electrons. The van der Waals surface area contributed by atoms with Gasteiger partial charge in [0.2, 0.25) is 0 Å². The summed E-state index contributed by atoms with van der Waals surface area (Å²) in [5.41, 5.74) is 1.40. The molecule has 94 valence electrons. The Morgan fingerprint density at radius 2 is 2.35 bits per heavy atom. The van der Waals surface area contributed by atoms with E-state index in [9.17, 15) is 0 Å². The number of rotatable bonds is 5. The number of hydrogen-bond acceptors (Lipinski definition) is 2. The number of benzene rings is 1. The predicted molar refractivity (Wildman–Crippen MR) is 71.5 cm³/mol. The maximum Gasteiger partial charge on any atom is 0.119 e. The summed E-state index contributed by atoms with van der Waals surface area (Å²) in [7, 11) is 1.73. The van der Waals surface area contributed by atoms with Gasteiger partial charge in [0, 0.05) is 0 Å². The Hall–Kier alpha value is -1.02. The van der Waals surface area contributed by atoms with Crippen LogP contribution in [0.15, 0.2) is 24.3 Å². The minimum Gasteiger partial charge on any atom is -0.497 e. The molecule has 0 amide bonds. The fourth-order valence-electron chi connectivity index (χ4n) is 2.59. The fourth-order valence-corrected chi connectivity index (χ4v) is 2.59. The molecule has 1 fully saturated rings. The molecular formula is C15H23NO. The van der Waals surface area contributed by atoms with Crippen molar-refractivity contribution >= 4 is 0 Å². The monoisotopic (exact) mass is 233 g/mol. The van der Waals surface area contributed by atoms with Crippen LogP contribution in [0.25, 0.3) is 0 Å². The fraction of sp³-hybridized carbons (Fsp3) is 0.600. The molecule has 2 rings (SSSR count). The highest BCUT2D eigenvalue weighted by molar-refractivity contribution is 5.28. The molecular weight excluding hydrogens is 210 g/mol. The van der Waals surface area contributed by atoms with Crippen LogP contribution in [0, 0.1) is 5.92 Å². The van der Waals surface area contributed by atoms with Gasteiger partial charge >= 0.3 is 0 Å². The molecule has 0 bridgehead atoms. The first kappa shape index (κ1) is 12.4. The quantitative estimate of drug-likeness (QED) is 0.844. The van der Waals surface area contributed by atoms with Crippen LogP contribution in [0.5, 0.6) is 5.75 Å². The third kappa shape index (κ3) is 4.04. The van der Waals surface area contributed by atoms with Gasteiger partial charge in [-0.15, -0.1) is 0 Å². The standard InChI is InChI=1S/C15H23NO/c1-17-15-9-3-6-13(11-15)5-2-7-14-8-4-10-16-12-14/h3,6,9,11,14,16H,2,4-5,7-8,10,12H2,1H3. The van der Waals surface area contributed by atoms with E-state index in [1.54, 1.807) is 7.11 Å². The summed E-state index contributed by atoms with van der Waals surface area (Å²) < 4.78 is 5.24. The Kier molecular flexibility index (Phi) is 4.87. The Labute approximate surface area is 104 Å². The molecule has 1 aliphatic rings. The number of piperidine rings is 1. The maximum absolute atomic E-state index is 5.24. The van der Waals surface area contributed by atoms with Gasteiger partial charge in [-0.3, -0.25) is 0 Å². The van der Waals surface area contributed by atoms with Crippen LogP contribution in [0.1, 0.15) is 31.2 Å². The lowest BCUT2D eigenvalue weighted by Gasteiger charge is -2.22. The predicted octanol–water partition coefficient (Wildman–Crippen LogP) is 3.02. The minimum atomic E-state index is 0.898. The van der Waals surface area contributed by atoms with E-state index in [2.05, 4.69) is 23.5 Å². The van der Waals surface area contributed by atoms with Crippen LogP contribution >= 0.6 is 0 Å². The molecule has 0 saturated carbocycles. The molecule has 1 unspecified atom stereocenters. The van der Waals surface area contributed by atoms with Gasteiger partial charge in [0.15, 0.2) is 0 Å². The van der Waals surface area contributed by atoms with Crippen molar-refractivity contribution in [1.82, 2.24) is 5.32 Å². The van der Waals surface area contributed by atoms with E-state index < -0.39 is 0 Å². The molecule has 1 N–H and O–H groups in total. The van der Waals surface area contributed by atoms with E-state index >= 15 is 0 Å². The molecule has 1 aromatic rings. The average molecular weight is 233 g/mol. The Balaban J connectivity index is 1.73. The van der Waals surface area contributed by atoms with E-state index in [0.29, 0.717) is 0 Å². The molecule has 1 aliphatic heterocycles. The molecule has 1 heterocycles. The topological polar surface area (TPSA) is 21.3 Å². The van der Waals surface area contributed by atoms with Crippen LogP contribution in [-0.4, -0.2) is 20.2 Å². The highest BCUT2D eigenvalue weighted by Gasteiger charge is 2.12. The molecule has 1 aromatic carbocycles. The highest BCUT2D eigenvalue weighted by Crippen LogP contribution is 2.19. The third-order valence-corrected chi connectivity index (χ3v) is 3.61. The van der Waals surface area contributed by atoms with Gasteiger partial charge in [-0.05, 0) is 68.8 Å². The molecule has 0 aliphatic carbocycles. The average Bonchev–Trinajstić information content (AvgIpc) is 2.40. The van der Waals surface area contributed by atoms with Crippen molar-refractivity contribution in [3.63, 3.8) is 0 Å². The zero-order chi connectivity index (χ0) is 11.9. The zero-order valence-corrected chi connectivity index (χ0v) is 10.7. The number of ether oxygens (including phenoxy) is 1. The minimum absolute atomic E-state index is 0.898. The molecule has 0 spiro atoms. The maximum atomic E-state index is 5.24. The first-order chi connectivity index (χ1) is 8.38. The van der Waals surface area contributed by atoms with E-state index in [4.69, 9.17) is 4.74 Å². The van der Waals surface area contributed by atoms with Gasteiger partial charge in [0.05, 0.1) is 7.11 Å². The van der Waals surface area contributed by atoms with Crippen LogP contribution < -0.4 is 10.1 Å². The summed E-state index contributed by atoms with van der Waals surface area (Å²) in [5, 5.41) is 3.48. The second-order valence-electron chi connectivity index (χ2n) is 4.96. The van der Waals surface area contributed by atoms with Crippen LogP contribution in [-0.2, 0) is 6.42 Å². The van der Waals surface area contributed by atoms with Crippen molar-refractivity contribution in [2.45, 2.75) is 32.1 Å². The zero-order valence-electron chi connectivity index (χ0n) is 10.7. The van der Waals surface area contributed by atoms with Crippen LogP contribution in [0.4, 0.5) is 0 Å².